The minimum absolute atomic E-state index is 0.100. The van der Waals surface area contributed by atoms with Gasteiger partial charge >= 0.3 is 0 Å². The number of hydrogen-bond acceptors (Lipinski definition) is 6. The molecule has 136 valence electrons. The summed E-state index contributed by atoms with van der Waals surface area (Å²) in [6.07, 6.45) is 0.822. The number of benzene rings is 2. The molecule has 1 heterocycles. The van der Waals surface area contributed by atoms with Gasteiger partial charge in [-0.3, -0.25) is 4.79 Å². The molecule has 0 aromatic heterocycles. The lowest BCUT2D eigenvalue weighted by Gasteiger charge is -2.24. The summed E-state index contributed by atoms with van der Waals surface area (Å²) in [4.78, 5) is 14.1. The summed E-state index contributed by atoms with van der Waals surface area (Å²) in [5.74, 6) is 0.812. The highest BCUT2D eigenvalue weighted by Gasteiger charge is 2.26. The van der Waals surface area contributed by atoms with Crippen LogP contribution in [0.3, 0.4) is 0 Å². The van der Waals surface area contributed by atoms with E-state index in [1.165, 1.54) is 0 Å². The molecule has 0 spiro atoms. The number of ether oxygens (including phenoxy) is 2. The second-order valence-corrected chi connectivity index (χ2v) is 5.84. The van der Waals surface area contributed by atoms with Crippen molar-refractivity contribution in [3.63, 3.8) is 0 Å². The van der Waals surface area contributed by atoms with Crippen molar-refractivity contribution in [3.8, 4) is 11.5 Å². The van der Waals surface area contributed by atoms with E-state index in [1.54, 1.807) is 18.3 Å². The molecular formula is C19H21N3O4. The van der Waals surface area contributed by atoms with Crippen molar-refractivity contribution in [3.05, 3.63) is 54.1 Å². The van der Waals surface area contributed by atoms with Crippen LogP contribution < -0.4 is 19.8 Å². The molecule has 0 bridgehead atoms. The van der Waals surface area contributed by atoms with Crippen LogP contribution in [0.2, 0.25) is 0 Å². The maximum Gasteiger partial charge on any atom is 0.284 e. The van der Waals surface area contributed by atoms with Crippen LogP contribution in [0.15, 0.2) is 53.6 Å². The van der Waals surface area contributed by atoms with Gasteiger partial charge in [-0.25, -0.2) is 5.43 Å². The molecule has 2 N–H and O–H groups in total. The number of anilines is 1. The fraction of sp³-hybridized carbons (Fsp3) is 0.263. The van der Waals surface area contributed by atoms with Gasteiger partial charge in [-0.15, -0.1) is 0 Å². The standard InChI is InChI=1S/C19H21N3O4/c1-22(10-11-23)15-8-6-14(7-9-15)12-20-21-19(24)18-13-25-16-4-2-3-5-17(16)26-18/h2-9,12,18,23H,10-11,13H2,1H3,(H,21,24)/b20-12-/t18-/m0/s1. The van der Waals surface area contributed by atoms with Gasteiger partial charge in [0.05, 0.1) is 12.8 Å². The van der Waals surface area contributed by atoms with Gasteiger partial charge in [0.1, 0.15) is 6.61 Å². The predicted octanol–water partition coefficient (Wildman–Crippen LogP) is 1.41. The third-order valence-electron chi connectivity index (χ3n) is 3.96. The fourth-order valence-electron chi connectivity index (χ4n) is 2.49. The number of para-hydroxylation sites is 2. The van der Waals surface area contributed by atoms with E-state index in [0.29, 0.717) is 18.0 Å². The summed E-state index contributed by atoms with van der Waals surface area (Å²) in [5.41, 5.74) is 4.31. The number of hydrazone groups is 1. The zero-order valence-corrected chi connectivity index (χ0v) is 14.5. The van der Waals surface area contributed by atoms with Crippen molar-refractivity contribution in [2.24, 2.45) is 5.10 Å². The van der Waals surface area contributed by atoms with E-state index in [1.807, 2.05) is 48.3 Å². The van der Waals surface area contributed by atoms with Gasteiger partial charge in [-0.05, 0) is 29.8 Å². The third kappa shape index (κ3) is 4.31. The maximum atomic E-state index is 12.2. The van der Waals surface area contributed by atoms with E-state index in [-0.39, 0.29) is 19.1 Å². The highest BCUT2D eigenvalue weighted by molar-refractivity contribution is 5.85. The van der Waals surface area contributed by atoms with Crippen molar-refractivity contribution in [1.82, 2.24) is 5.43 Å². The number of aliphatic hydroxyl groups excluding tert-OH is 1. The summed E-state index contributed by atoms with van der Waals surface area (Å²) in [5, 5.41) is 12.9. The van der Waals surface area contributed by atoms with Crippen LogP contribution in [0.4, 0.5) is 5.69 Å². The van der Waals surface area contributed by atoms with Crippen LogP contribution in [0.1, 0.15) is 5.56 Å². The molecule has 2 aromatic rings. The first-order valence-electron chi connectivity index (χ1n) is 8.31. The number of likely N-dealkylation sites (N-methyl/N-ethyl adjacent to an activating group) is 1. The van der Waals surface area contributed by atoms with Crippen molar-refractivity contribution in [1.29, 1.82) is 0 Å². The lowest BCUT2D eigenvalue weighted by atomic mass is 10.2. The zero-order chi connectivity index (χ0) is 18.4. The Bertz CT molecular complexity index is 777. The Morgan fingerprint density at radius 1 is 1.27 bits per heavy atom. The van der Waals surface area contributed by atoms with E-state index in [9.17, 15) is 4.79 Å². The highest BCUT2D eigenvalue weighted by Crippen LogP contribution is 2.30. The van der Waals surface area contributed by atoms with E-state index in [2.05, 4.69) is 10.5 Å². The number of amides is 1. The highest BCUT2D eigenvalue weighted by atomic mass is 16.6. The molecule has 0 saturated carbocycles. The van der Waals surface area contributed by atoms with Gasteiger partial charge < -0.3 is 19.5 Å². The molecule has 0 saturated heterocycles. The molecule has 26 heavy (non-hydrogen) atoms. The number of carbonyl (C=O) groups excluding carboxylic acids is 1. The first kappa shape index (κ1) is 17.8. The van der Waals surface area contributed by atoms with Crippen molar-refractivity contribution < 1.29 is 19.4 Å². The predicted molar refractivity (Wildman–Crippen MR) is 98.9 cm³/mol. The second kappa shape index (κ2) is 8.35. The maximum absolute atomic E-state index is 12.2. The third-order valence-corrected chi connectivity index (χ3v) is 3.96. The van der Waals surface area contributed by atoms with Crippen molar-refractivity contribution in [2.75, 3.05) is 31.7 Å². The number of carbonyl (C=O) groups is 1. The summed E-state index contributed by atoms with van der Waals surface area (Å²) in [6, 6.07) is 14.8. The summed E-state index contributed by atoms with van der Waals surface area (Å²) >= 11 is 0. The Balaban J connectivity index is 1.53. The number of hydrogen-bond donors (Lipinski definition) is 2. The Labute approximate surface area is 151 Å². The Morgan fingerprint density at radius 2 is 2.00 bits per heavy atom. The van der Waals surface area contributed by atoms with Crippen molar-refractivity contribution >= 4 is 17.8 Å². The molecule has 1 aliphatic rings. The number of fused-ring (bicyclic) bond motifs is 1. The molecule has 0 aliphatic carbocycles. The van der Waals surface area contributed by atoms with Gasteiger partial charge in [0.2, 0.25) is 6.10 Å². The van der Waals surface area contributed by atoms with Gasteiger partial charge in [0.25, 0.3) is 5.91 Å². The summed E-state index contributed by atoms with van der Waals surface area (Å²) < 4.78 is 11.1. The van der Waals surface area contributed by atoms with Crippen LogP contribution in [0.25, 0.3) is 0 Å². The number of aliphatic hydroxyl groups is 1. The van der Waals surface area contributed by atoms with Crippen LogP contribution in [-0.4, -0.2) is 50.1 Å². The topological polar surface area (TPSA) is 83.4 Å². The lowest BCUT2D eigenvalue weighted by molar-refractivity contribution is -0.130. The molecule has 7 heteroatoms. The zero-order valence-electron chi connectivity index (χ0n) is 14.5. The number of nitrogens with zero attached hydrogens (tertiary/aromatic N) is 2. The van der Waals surface area contributed by atoms with Crippen LogP contribution in [0.5, 0.6) is 11.5 Å². The average molecular weight is 355 g/mol. The SMILES string of the molecule is CN(CCO)c1ccc(/C=N\NC(=O)[C@@H]2COc3ccccc3O2)cc1. The summed E-state index contributed by atoms with van der Waals surface area (Å²) in [7, 11) is 1.91. The second-order valence-electron chi connectivity index (χ2n) is 5.84. The quantitative estimate of drug-likeness (QED) is 0.605. The van der Waals surface area contributed by atoms with Crippen molar-refractivity contribution in [2.45, 2.75) is 6.10 Å². The largest absolute Gasteiger partial charge is 0.485 e. The molecular weight excluding hydrogens is 334 g/mol. The minimum atomic E-state index is -0.739. The monoisotopic (exact) mass is 355 g/mol. The molecule has 0 unspecified atom stereocenters. The fourth-order valence-corrected chi connectivity index (χ4v) is 2.49. The van der Waals surface area contributed by atoms with Gasteiger partial charge in [-0.2, -0.15) is 5.10 Å². The van der Waals surface area contributed by atoms with E-state index >= 15 is 0 Å². The van der Waals surface area contributed by atoms with Crippen LogP contribution >= 0.6 is 0 Å². The molecule has 1 aliphatic heterocycles. The van der Waals surface area contributed by atoms with Crippen LogP contribution in [0, 0.1) is 0 Å². The Hall–Kier alpha value is -3.06. The molecule has 1 amide bonds. The van der Waals surface area contributed by atoms with Gasteiger partial charge in [0, 0.05) is 19.3 Å². The summed E-state index contributed by atoms with van der Waals surface area (Å²) in [6.45, 7) is 0.809. The molecule has 2 aromatic carbocycles. The molecule has 0 fully saturated rings. The smallest absolute Gasteiger partial charge is 0.284 e. The van der Waals surface area contributed by atoms with E-state index in [0.717, 1.165) is 11.3 Å². The molecule has 1 atom stereocenters. The number of rotatable bonds is 6. The van der Waals surface area contributed by atoms with Gasteiger partial charge in [-0.1, -0.05) is 24.3 Å². The lowest BCUT2D eigenvalue weighted by Crippen LogP contribution is -2.42. The van der Waals surface area contributed by atoms with E-state index in [4.69, 9.17) is 14.6 Å². The minimum Gasteiger partial charge on any atom is -0.485 e. The number of nitrogens with one attached hydrogen (secondary N) is 1. The normalized spacial score (nSPS) is 15.7. The Morgan fingerprint density at radius 3 is 2.73 bits per heavy atom. The van der Waals surface area contributed by atoms with Gasteiger partial charge in [0.15, 0.2) is 11.5 Å². The molecule has 0 radical (unpaired) electrons. The molecule has 7 nitrogen and oxygen atoms in total. The average Bonchev–Trinajstić information content (AvgIpc) is 2.68. The molecule has 3 rings (SSSR count). The van der Waals surface area contributed by atoms with E-state index < -0.39 is 6.10 Å². The first-order chi connectivity index (χ1) is 12.7. The Kier molecular flexibility index (Phi) is 5.70. The van der Waals surface area contributed by atoms with Crippen LogP contribution in [-0.2, 0) is 4.79 Å². The first-order valence-corrected chi connectivity index (χ1v) is 8.31.